The lowest BCUT2D eigenvalue weighted by Crippen LogP contribution is -2.48. The third kappa shape index (κ3) is 7.15. The van der Waals surface area contributed by atoms with Gasteiger partial charge in [0, 0.05) is 6.42 Å². The topological polar surface area (TPSA) is 125 Å². The molecule has 150 valence electrons. The van der Waals surface area contributed by atoms with Crippen molar-refractivity contribution in [3.05, 3.63) is 71.8 Å². The minimum Gasteiger partial charge on any atom is -0.445 e. The smallest absolute Gasteiger partial charge is 0.408 e. The molecule has 4 N–H and O–H groups in total. The van der Waals surface area contributed by atoms with E-state index in [1.54, 1.807) is 42.5 Å². The molecular formula is C19H23N2O6P. The van der Waals surface area contributed by atoms with Gasteiger partial charge >= 0.3 is 13.7 Å². The molecule has 0 radical (unpaired) electrons. The standard InChI is InChI=1S/C19H23N2O6P/c1-14(20-19(23)27-13-16-10-6-3-7-11-16)18(22)21-17(28(24,25)26)12-15-8-4-2-5-9-15/h2-11,14,17H,12-13H2,1H3,(H,20,23)(H,21,22)(H2,24,25,26)/t14-,17-/m1/s1. The average molecular weight is 406 g/mol. The zero-order valence-corrected chi connectivity index (χ0v) is 16.2. The quantitative estimate of drug-likeness (QED) is 0.498. The highest BCUT2D eigenvalue weighted by atomic mass is 31.2. The molecule has 0 aliphatic rings. The SMILES string of the molecule is C[C@@H](NC(=O)OCc1ccccc1)C(=O)N[C@@H](Cc1ccccc1)P(=O)(O)O. The van der Waals surface area contributed by atoms with Crippen LogP contribution >= 0.6 is 7.60 Å². The van der Waals surface area contributed by atoms with Gasteiger partial charge < -0.3 is 25.2 Å². The Bertz CT molecular complexity index is 825. The van der Waals surface area contributed by atoms with Crippen LogP contribution in [-0.2, 0) is 27.1 Å². The first-order valence-electron chi connectivity index (χ1n) is 8.62. The van der Waals surface area contributed by atoms with Crippen LogP contribution < -0.4 is 10.6 Å². The van der Waals surface area contributed by atoms with Crippen LogP contribution in [0, 0.1) is 0 Å². The molecule has 0 bridgehead atoms. The van der Waals surface area contributed by atoms with E-state index in [9.17, 15) is 23.9 Å². The first kappa shape index (κ1) is 21.6. The Hall–Kier alpha value is -2.67. The predicted molar refractivity (Wildman–Crippen MR) is 103 cm³/mol. The van der Waals surface area contributed by atoms with E-state index in [0.29, 0.717) is 5.56 Å². The van der Waals surface area contributed by atoms with Crippen LogP contribution in [0.15, 0.2) is 60.7 Å². The van der Waals surface area contributed by atoms with Crippen molar-refractivity contribution in [1.82, 2.24) is 10.6 Å². The Morgan fingerprint density at radius 2 is 1.50 bits per heavy atom. The molecule has 0 fully saturated rings. The van der Waals surface area contributed by atoms with Crippen LogP contribution in [-0.4, -0.2) is 33.6 Å². The van der Waals surface area contributed by atoms with E-state index in [4.69, 9.17) is 4.74 Å². The van der Waals surface area contributed by atoms with Gasteiger partial charge in [0.15, 0.2) is 0 Å². The maximum atomic E-state index is 12.3. The molecule has 0 saturated carbocycles. The largest absolute Gasteiger partial charge is 0.445 e. The number of amides is 2. The Balaban J connectivity index is 1.89. The Morgan fingerprint density at radius 1 is 0.964 bits per heavy atom. The van der Waals surface area contributed by atoms with Crippen LogP contribution in [0.4, 0.5) is 4.79 Å². The highest BCUT2D eigenvalue weighted by molar-refractivity contribution is 7.52. The summed E-state index contributed by atoms with van der Waals surface area (Å²) in [6.45, 7) is 1.44. The van der Waals surface area contributed by atoms with Gasteiger partial charge in [-0.05, 0) is 18.1 Å². The Morgan fingerprint density at radius 3 is 2.04 bits per heavy atom. The van der Waals surface area contributed by atoms with Crippen LogP contribution in [0.2, 0.25) is 0 Å². The summed E-state index contributed by atoms with van der Waals surface area (Å²) in [6, 6.07) is 16.7. The summed E-state index contributed by atoms with van der Waals surface area (Å²) < 4.78 is 16.8. The van der Waals surface area contributed by atoms with Crippen molar-refractivity contribution in [2.75, 3.05) is 0 Å². The minimum absolute atomic E-state index is 0.0397. The molecule has 2 aromatic rings. The summed E-state index contributed by atoms with van der Waals surface area (Å²) in [5.74, 6) is -2.12. The summed E-state index contributed by atoms with van der Waals surface area (Å²) in [7, 11) is -4.60. The summed E-state index contributed by atoms with van der Waals surface area (Å²) in [6.07, 6.45) is -0.843. The van der Waals surface area contributed by atoms with Crippen LogP contribution in [0.3, 0.4) is 0 Å². The molecule has 8 nitrogen and oxygen atoms in total. The van der Waals surface area contributed by atoms with Gasteiger partial charge in [0.25, 0.3) is 0 Å². The number of nitrogens with one attached hydrogen (secondary N) is 2. The molecule has 0 aliphatic heterocycles. The minimum atomic E-state index is -4.60. The summed E-state index contributed by atoms with van der Waals surface area (Å²) >= 11 is 0. The normalized spacial score (nSPS) is 13.2. The summed E-state index contributed by atoms with van der Waals surface area (Å²) in [5, 5.41) is 4.66. The number of carbonyl (C=O) groups is 2. The second-order valence-corrected chi connectivity index (χ2v) is 8.03. The number of hydrogen-bond acceptors (Lipinski definition) is 4. The lowest BCUT2D eigenvalue weighted by molar-refractivity contribution is -0.123. The van der Waals surface area contributed by atoms with Crippen molar-refractivity contribution in [2.24, 2.45) is 0 Å². The van der Waals surface area contributed by atoms with Gasteiger partial charge in [-0.2, -0.15) is 0 Å². The lowest BCUT2D eigenvalue weighted by Gasteiger charge is -2.22. The van der Waals surface area contributed by atoms with Crippen molar-refractivity contribution in [3.63, 3.8) is 0 Å². The van der Waals surface area contributed by atoms with Crippen LogP contribution in [0.1, 0.15) is 18.1 Å². The van der Waals surface area contributed by atoms with Gasteiger partial charge in [-0.3, -0.25) is 9.36 Å². The van der Waals surface area contributed by atoms with Gasteiger partial charge in [-0.15, -0.1) is 0 Å². The molecule has 0 spiro atoms. The second-order valence-electron chi connectivity index (χ2n) is 6.23. The highest BCUT2D eigenvalue weighted by Crippen LogP contribution is 2.41. The van der Waals surface area contributed by atoms with Crippen molar-refractivity contribution >= 4 is 19.6 Å². The van der Waals surface area contributed by atoms with Gasteiger partial charge in [0.05, 0.1) is 0 Å². The number of alkyl carbamates (subject to hydrolysis) is 1. The number of hydrogen-bond donors (Lipinski definition) is 4. The fraction of sp³-hybridized carbons (Fsp3) is 0.263. The average Bonchev–Trinajstić information content (AvgIpc) is 2.66. The third-order valence-electron chi connectivity index (χ3n) is 3.93. The molecule has 2 amide bonds. The van der Waals surface area contributed by atoms with E-state index >= 15 is 0 Å². The number of ether oxygens (including phenoxy) is 1. The number of rotatable bonds is 8. The molecular weight excluding hydrogens is 383 g/mol. The number of benzene rings is 2. The van der Waals surface area contributed by atoms with E-state index in [-0.39, 0.29) is 13.0 Å². The summed E-state index contributed by atoms with van der Waals surface area (Å²) in [5.41, 5.74) is 1.46. The maximum absolute atomic E-state index is 12.3. The fourth-order valence-corrected chi connectivity index (χ4v) is 3.13. The van der Waals surface area contributed by atoms with Crippen molar-refractivity contribution in [3.8, 4) is 0 Å². The van der Waals surface area contributed by atoms with E-state index in [0.717, 1.165) is 5.56 Å². The third-order valence-corrected chi connectivity index (χ3v) is 5.05. The zero-order chi connectivity index (χ0) is 20.6. The second kappa shape index (κ2) is 10.0. The molecule has 2 aromatic carbocycles. The van der Waals surface area contributed by atoms with E-state index in [2.05, 4.69) is 10.6 Å². The fourth-order valence-electron chi connectivity index (χ4n) is 2.39. The van der Waals surface area contributed by atoms with E-state index in [1.165, 1.54) is 6.92 Å². The van der Waals surface area contributed by atoms with Gasteiger partial charge in [0.2, 0.25) is 5.91 Å². The van der Waals surface area contributed by atoms with Gasteiger partial charge in [-0.1, -0.05) is 60.7 Å². The number of carbonyl (C=O) groups excluding carboxylic acids is 2. The highest BCUT2D eigenvalue weighted by Gasteiger charge is 2.32. The molecule has 2 rings (SSSR count). The molecule has 0 aromatic heterocycles. The molecule has 28 heavy (non-hydrogen) atoms. The van der Waals surface area contributed by atoms with Crippen LogP contribution in [0.25, 0.3) is 0 Å². The zero-order valence-electron chi connectivity index (χ0n) is 15.3. The first-order valence-corrected chi connectivity index (χ1v) is 10.3. The van der Waals surface area contributed by atoms with Gasteiger partial charge in [0.1, 0.15) is 18.4 Å². The van der Waals surface area contributed by atoms with E-state index < -0.39 is 31.4 Å². The van der Waals surface area contributed by atoms with Gasteiger partial charge in [-0.25, -0.2) is 4.79 Å². The molecule has 2 atom stereocenters. The summed E-state index contributed by atoms with van der Waals surface area (Å²) in [4.78, 5) is 43.2. The molecule has 0 saturated heterocycles. The van der Waals surface area contributed by atoms with Crippen LogP contribution in [0.5, 0.6) is 0 Å². The predicted octanol–water partition coefficient (Wildman–Crippen LogP) is 2.16. The maximum Gasteiger partial charge on any atom is 0.408 e. The van der Waals surface area contributed by atoms with Crippen molar-refractivity contribution in [1.29, 1.82) is 0 Å². The molecule has 0 unspecified atom stereocenters. The monoisotopic (exact) mass is 406 g/mol. The molecule has 0 heterocycles. The lowest BCUT2D eigenvalue weighted by atomic mass is 10.1. The molecule has 0 aliphatic carbocycles. The Labute approximate surface area is 163 Å². The Kier molecular flexibility index (Phi) is 7.75. The first-order chi connectivity index (χ1) is 13.3. The molecule has 9 heteroatoms. The van der Waals surface area contributed by atoms with Crippen molar-refractivity contribution in [2.45, 2.75) is 31.8 Å². The van der Waals surface area contributed by atoms with Crippen molar-refractivity contribution < 1.29 is 28.7 Å². The van der Waals surface area contributed by atoms with E-state index in [1.807, 2.05) is 18.2 Å².